The predicted molar refractivity (Wildman–Crippen MR) is 137 cm³/mol. The number of anilines is 2. The van der Waals surface area contributed by atoms with E-state index >= 15 is 0 Å². The van der Waals surface area contributed by atoms with Gasteiger partial charge in [0.1, 0.15) is 5.75 Å². The van der Waals surface area contributed by atoms with E-state index in [2.05, 4.69) is 19.6 Å². The molecule has 0 radical (unpaired) electrons. The third-order valence-corrected chi connectivity index (χ3v) is 7.18. The predicted octanol–water partition coefficient (Wildman–Crippen LogP) is 3.74. The van der Waals surface area contributed by atoms with Crippen molar-refractivity contribution in [3.8, 4) is 5.75 Å². The number of benzene rings is 2. The van der Waals surface area contributed by atoms with Gasteiger partial charge in [0.2, 0.25) is 0 Å². The second-order valence-corrected chi connectivity index (χ2v) is 9.29. The Morgan fingerprint density at radius 2 is 1.74 bits per heavy atom. The van der Waals surface area contributed by atoms with Crippen molar-refractivity contribution in [3.63, 3.8) is 0 Å². The van der Waals surface area contributed by atoms with Gasteiger partial charge in [-0.15, -0.1) is 0 Å². The van der Waals surface area contributed by atoms with E-state index in [1.165, 1.54) is 0 Å². The number of amides is 1. The Kier molecular flexibility index (Phi) is 6.58. The highest BCUT2D eigenvalue weighted by Crippen LogP contribution is 2.27. The molecule has 1 fully saturated rings. The number of piperazine rings is 1. The summed E-state index contributed by atoms with van der Waals surface area (Å²) in [5.74, 6) is 0.758. The van der Waals surface area contributed by atoms with E-state index in [0.717, 1.165) is 16.8 Å². The Bertz CT molecular complexity index is 1370. The van der Waals surface area contributed by atoms with Crippen molar-refractivity contribution in [1.29, 1.82) is 0 Å². The monoisotopic (exact) mass is 487 g/mol. The average molecular weight is 488 g/mol. The summed E-state index contributed by atoms with van der Waals surface area (Å²) < 4.78 is 21.4. The molecule has 5 rings (SSSR count). The highest BCUT2D eigenvalue weighted by Gasteiger charge is 2.24. The molecule has 0 spiro atoms. The van der Waals surface area contributed by atoms with Gasteiger partial charge in [-0.25, -0.2) is 4.21 Å². The van der Waals surface area contributed by atoms with Crippen LogP contribution in [-0.4, -0.2) is 58.3 Å². The van der Waals surface area contributed by atoms with Crippen molar-refractivity contribution >= 4 is 39.2 Å². The van der Waals surface area contributed by atoms with Crippen LogP contribution in [-0.2, 0) is 11.0 Å². The second kappa shape index (κ2) is 10.1. The van der Waals surface area contributed by atoms with E-state index in [9.17, 15) is 9.00 Å². The highest BCUT2D eigenvalue weighted by atomic mass is 32.2. The number of methoxy groups -OCH3 is 1. The number of para-hydroxylation sites is 1. The smallest absolute Gasteiger partial charge is 0.253 e. The van der Waals surface area contributed by atoms with Crippen molar-refractivity contribution in [2.45, 2.75) is 4.90 Å². The van der Waals surface area contributed by atoms with E-state index in [1.54, 1.807) is 56.0 Å². The first-order chi connectivity index (χ1) is 17.1. The fraction of sp³-hybridized carbons (Fsp3) is 0.192. The van der Waals surface area contributed by atoms with Crippen molar-refractivity contribution in [1.82, 2.24) is 14.9 Å². The summed E-state index contributed by atoms with van der Waals surface area (Å²) in [6.07, 6.45) is 5.19. The van der Waals surface area contributed by atoms with Crippen LogP contribution in [0.15, 0.2) is 84.1 Å². The van der Waals surface area contributed by atoms with Crippen LogP contribution in [0.2, 0.25) is 0 Å². The maximum absolute atomic E-state index is 13.0. The van der Waals surface area contributed by atoms with Crippen LogP contribution in [0, 0.1) is 0 Å². The number of hydrogen-bond acceptors (Lipinski definition) is 6. The molecule has 178 valence electrons. The Balaban J connectivity index is 1.22. The lowest BCUT2D eigenvalue weighted by atomic mass is 10.1. The Hall–Kier alpha value is -3.98. The molecule has 1 aliphatic heterocycles. The van der Waals surface area contributed by atoms with Crippen molar-refractivity contribution in [3.05, 3.63) is 84.8 Å². The van der Waals surface area contributed by atoms with E-state index in [4.69, 9.17) is 4.74 Å². The molecule has 3 heterocycles. The maximum atomic E-state index is 13.0. The lowest BCUT2D eigenvalue weighted by Gasteiger charge is -2.36. The first kappa shape index (κ1) is 22.8. The van der Waals surface area contributed by atoms with Crippen LogP contribution in [0.5, 0.6) is 5.75 Å². The van der Waals surface area contributed by atoms with Gasteiger partial charge < -0.3 is 19.3 Å². The molecule has 2 aromatic heterocycles. The molecule has 0 aliphatic carbocycles. The number of ether oxygens (including phenoxy) is 1. The van der Waals surface area contributed by atoms with E-state index in [1.807, 2.05) is 35.2 Å². The zero-order chi connectivity index (χ0) is 24.2. The molecule has 2 aromatic carbocycles. The molecule has 1 amide bonds. The van der Waals surface area contributed by atoms with Crippen molar-refractivity contribution in [2.24, 2.45) is 0 Å². The van der Waals surface area contributed by atoms with Crippen molar-refractivity contribution < 1.29 is 13.7 Å². The van der Waals surface area contributed by atoms with Gasteiger partial charge >= 0.3 is 0 Å². The molecule has 0 saturated carbocycles. The summed E-state index contributed by atoms with van der Waals surface area (Å²) in [5, 5.41) is 0.933. The van der Waals surface area contributed by atoms with Gasteiger partial charge in [-0.2, -0.15) is 0 Å². The molecule has 0 bridgehead atoms. The summed E-state index contributed by atoms with van der Waals surface area (Å²) in [4.78, 5) is 26.3. The zero-order valence-corrected chi connectivity index (χ0v) is 20.1. The molecule has 9 heteroatoms. The number of nitrogens with one attached hydrogen (secondary N) is 1. The molecule has 4 aromatic rings. The highest BCUT2D eigenvalue weighted by molar-refractivity contribution is 7.86. The normalized spacial score (nSPS) is 14.5. The number of rotatable bonds is 6. The molecule has 1 atom stereocenters. The Morgan fingerprint density at radius 1 is 0.971 bits per heavy atom. The second-order valence-electron chi connectivity index (χ2n) is 8.11. The standard InChI is InChI=1S/C26H25N5O3S/c1-34-23-11-13-27-18-22(23)30-14-16-31(17-15-30)26(32)20-7-9-21(10-8-20)29-35(33)24-6-2-4-19-5-3-12-28-25(19)24/h2-13,18,29H,14-17H2,1H3. The number of pyridine rings is 2. The van der Waals surface area contributed by atoms with Gasteiger partial charge in [0.15, 0.2) is 11.0 Å². The topological polar surface area (TPSA) is 87.7 Å². The van der Waals surface area contributed by atoms with Gasteiger partial charge in [-0.05, 0) is 36.4 Å². The van der Waals surface area contributed by atoms with Crippen LogP contribution in [0.3, 0.4) is 0 Å². The molecule has 1 N–H and O–H groups in total. The first-order valence-electron chi connectivity index (χ1n) is 11.3. The largest absolute Gasteiger partial charge is 0.494 e. The number of nitrogens with zero attached hydrogens (tertiary/aromatic N) is 4. The average Bonchev–Trinajstić information content (AvgIpc) is 2.93. The first-order valence-corrected chi connectivity index (χ1v) is 12.4. The van der Waals surface area contributed by atoms with Crippen LogP contribution >= 0.6 is 0 Å². The molecular formula is C26H25N5O3S. The summed E-state index contributed by atoms with van der Waals surface area (Å²) >= 11 is 0. The van der Waals surface area contributed by atoms with Gasteiger partial charge in [0, 0.05) is 61.3 Å². The SMILES string of the molecule is COc1ccncc1N1CCN(C(=O)c2ccc(NS(=O)c3cccc4cccnc34)cc2)CC1. The third kappa shape index (κ3) is 4.81. The van der Waals surface area contributed by atoms with E-state index in [0.29, 0.717) is 47.8 Å². The van der Waals surface area contributed by atoms with Gasteiger partial charge in [0.05, 0.1) is 29.4 Å². The minimum atomic E-state index is -1.48. The molecular weight excluding hydrogens is 462 g/mol. The summed E-state index contributed by atoms with van der Waals surface area (Å²) in [5.41, 5.74) is 2.91. The zero-order valence-electron chi connectivity index (χ0n) is 19.3. The molecule has 1 aliphatic rings. The van der Waals surface area contributed by atoms with Crippen LogP contribution in [0.1, 0.15) is 10.4 Å². The lowest BCUT2D eigenvalue weighted by molar-refractivity contribution is 0.0746. The van der Waals surface area contributed by atoms with Crippen LogP contribution in [0.4, 0.5) is 11.4 Å². The lowest BCUT2D eigenvalue weighted by Crippen LogP contribution is -2.48. The summed E-state index contributed by atoms with van der Waals surface area (Å²) in [6, 6.07) is 18.3. The number of carbonyl (C=O) groups is 1. The Morgan fingerprint density at radius 3 is 2.51 bits per heavy atom. The van der Waals surface area contributed by atoms with Crippen LogP contribution in [0.25, 0.3) is 10.9 Å². The molecule has 8 nitrogen and oxygen atoms in total. The number of aromatic nitrogens is 2. The van der Waals surface area contributed by atoms with E-state index < -0.39 is 11.0 Å². The quantitative estimate of drug-likeness (QED) is 0.446. The van der Waals surface area contributed by atoms with Crippen LogP contribution < -0.4 is 14.4 Å². The third-order valence-electron chi connectivity index (χ3n) is 6.03. The number of fused-ring (bicyclic) bond motifs is 1. The molecule has 35 heavy (non-hydrogen) atoms. The number of hydrogen-bond donors (Lipinski definition) is 1. The van der Waals surface area contributed by atoms with Gasteiger partial charge in [-0.1, -0.05) is 18.2 Å². The fourth-order valence-corrected chi connectivity index (χ4v) is 5.19. The molecule has 1 saturated heterocycles. The fourth-order valence-electron chi connectivity index (χ4n) is 4.19. The van der Waals surface area contributed by atoms with E-state index in [-0.39, 0.29) is 5.91 Å². The molecule has 1 unspecified atom stereocenters. The van der Waals surface area contributed by atoms with Gasteiger partial charge in [0.25, 0.3) is 5.91 Å². The minimum Gasteiger partial charge on any atom is -0.494 e. The summed E-state index contributed by atoms with van der Waals surface area (Å²) in [6.45, 7) is 2.61. The minimum absolute atomic E-state index is 0.0197. The Labute approximate surface area is 206 Å². The summed E-state index contributed by atoms with van der Waals surface area (Å²) in [7, 11) is 0.160. The number of carbonyl (C=O) groups excluding carboxylic acids is 1. The van der Waals surface area contributed by atoms with Gasteiger partial charge in [-0.3, -0.25) is 14.8 Å². The van der Waals surface area contributed by atoms with Crippen molar-refractivity contribution in [2.75, 3.05) is 42.9 Å². The maximum Gasteiger partial charge on any atom is 0.253 e.